The Bertz CT molecular complexity index is 1400. The second-order valence-corrected chi connectivity index (χ2v) is 8.05. The first-order valence-corrected chi connectivity index (χ1v) is 10.2. The summed E-state index contributed by atoms with van der Waals surface area (Å²) in [6, 6.07) is 12.1. The molecule has 1 aliphatic carbocycles. The molecule has 1 saturated carbocycles. The number of ether oxygens (including phenoxy) is 1. The zero-order valence-electron chi connectivity index (χ0n) is 17.4. The molecular formula is C23H20N8O. The third-order valence-electron chi connectivity index (χ3n) is 6.09. The van der Waals surface area contributed by atoms with E-state index in [9.17, 15) is 10.5 Å². The van der Waals surface area contributed by atoms with E-state index >= 15 is 0 Å². The molecule has 0 aliphatic heterocycles. The highest BCUT2D eigenvalue weighted by atomic mass is 16.5. The number of pyridine rings is 2. The van der Waals surface area contributed by atoms with Gasteiger partial charge in [-0.05, 0) is 37.1 Å². The van der Waals surface area contributed by atoms with Crippen LogP contribution in [0.1, 0.15) is 19.3 Å². The van der Waals surface area contributed by atoms with Crippen LogP contribution in [0, 0.1) is 28.6 Å². The average molecular weight is 424 g/mol. The minimum Gasteiger partial charge on any atom is -0.480 e. The number of nitrogens with zero attached hydrogens (tertiary/aromatic N) is 7. The molecule has 4 heterocycles. The Morgan fingerprint density at radius 3 is 2.84 bits per heavy atom. The summed E-state index contributed by atoms with van der Waals surface area (Å²) in [7, 11) is 1.54. The van der Waals surface area contributed by atoms with Crippen molar-refractivity contribution in [1.82, 2.24) is 24.1 Å². The molecule has 0 aromatic carbocycles. The van der Waals surface area contributed by atoms with Gasteiger partial charge in [0, 0.05) is 29.7 Å². The largest absolute Gasteiger partial charge is 0.480 e. The van der Waals surface area contributed by atoms with Crippen LogP contribution < -0.4 is 10.5 Å². The lowest BCUT2D eigenvalue weighted by Gasteiger charge is -2.43. The molecule has 0 radical (unpaired) electrons. The molecule has 0 bridgehead atoms. The van der Waals surface area contributed by atoms with Crippen LogP contribution in [0.5, 0.6) is 5.88 Å². The van der Waals surface area contributed by atoms with Gasteiger partial charge in [0.25, 0.3) is 0 Å². The number of aromatic nitrogens is 5. The number of anilines is 1. The van der Waals surface area contributed by atoms with Crippen LogP contribution in [0.4, 0.5) is 5.69 Å². The maximum Gasteiger partial charge on any atom is 0.237 e. The molecule has 4 aromatic heterocycles. The Kier molecular flexibility index (Phi) is 4.53. The van der Waals surface area contributed by atoms with Gasteiger partial charge >= 0.3 is 0 Å². The molecule has 32 heavy (non-hydrogen) atoms. The fourth-order valence-corrected chi connectivity index (χ4v) is 4.39. The summed E-state index contributed by atoms with van der Waals surface area (Å²) >= 11 is 0. The van der Waals surface area contributed by atoms with Gasteiger partial charge in [-0.15, -0.1) is 0 Å². The van der Waals surface area contributed by atoms with E-state index in [-0.39, 0.29) is 5.92 Å². The van der Waals surface area contributed by atoms with Gasteiger partial charge in [-0.3, -0.25) is 9.08 Å². The Labute approximate surface area is 184 Å². The first-order chi connectivity index (χ1) is 15.6. The number of imidazole rings is 1. The maximum atomic E-state index is 9.34. The molecule has 9 heteroatoms. The number of fused-ring (bicyclic) bond motifs is 1. The van der Waals surface area contributed by atoms with E-state index in [1.807, 2.05) is 39.7 Å². The number of nitrogens with two attached hydrogens (primary N) is 1. The van der Waals surface area contributed by atoms with Gasteiger partial charge in [0.05, 0.1) is 60.4 Å². The normalized spacial score (nSPS) is 19.8. The minimum atomic E-state index is -0.426. The van der Waals surface area contributed by atoms with Crippen molar-refractivity contribution in [2.45, 2.75) is 24.8 Å². The predicted molar refractivity (Wildman–Crippen MR) is 117 cm³/mol. The highest BCUT2D eigenvalue weighted by molar-refractivity contribution is 5.74. The van der Waals surface area contributed by atoms with Crippen molar-refractivity contribution in [3.05, 3.63) is 49.1 Å². The molecular weight excluding hydrogens is 404 g/mol. The molecule has 158 valence electrons. The van der Waals surface area contributed by atoms with Gasteiger partial charge in [-0.1, -0.05) is 0 Å². The molecule has 0 atom stereocenters. The second-order valence-electron chi connectivity index (χ2n) is 8.05. The number of methoxy groups -OCH3 is 1. The van der Waals surface area contributed by atoms with Crippen LogP contribution in [0.15, 0.2) is 49.1 Å². The highest BCUT2D eigenvalue weighted by Gasteiger charge is 2.46. The highest BCUT2D eigenvalue weighted by Crippen LogP contribution is 2.46. The van der Waals surface area contributed by atoms with E-state index in [4.69, 9.17) is 10.5 Å². The third-order valence-corrected chi connectivity index (χ3v) is 6.09. The van der Waals surface area contributed by atoms with Gasteiger partial charge in [0.15, 0.2) is 0 Å². The molecule has 0 spiro atoms. The second kappa shape index (κ2) is 7.40. The SMILES string of the molecule is COc1nc(-c2cc(-c3cnn([C@]4(CC#N)C[C@H](C#N)C4)c3)n3ccnc3c2)ccc1N. The van der Waals surface area contributed by atoms with Gasteiger partial charge < -0.3 is 10.5 Å². The Hall–Kier alpha value is -4.37. The summed E-state index contributed by atoms with van der Waals surface area (Å²) in [4.78, 5) is 8.98. The Morgan fingerprint density at radius 2 is 2.09 bits per heavy atom. The van der Waals surface area contributed by atoms with Crippen molar-refractivity contribution < 1.29 is 4.74 Å². The molecule has 1 fully saturated rings. The molecule has 4 aromatic rings. The number of nitriles is 2. The van der Waals surface area contributed by atoms with Crippen molar-refractivity contribution in [2.75, 3.05) is 12.8 Å². The first kappa shape index (κ1) is 19.6. The third kappa shape index (κ3) is 3.03. The Balaban J connectivity index is 1.59. The average Bonchev–Trinajstić information content (AvgIpc) is 3.45. The van der Waals surface area contributed by atoms with E-state index < -0.39 is 5.54 Å². The van der Waals surface area contributed by atoms with Gasteiger partial charge in [0.1, 0.15) is 5.65 Å². The van der Waals surface area contributed by atoms with E-state index in [0.29, 0.717) is 36.5 Å². The molecule has 0 unspecified atom stereocenters. The van der Waals surface area contributed by atoms with Crippen LogP contribution >= 0.6 is 0 Å². The number of hydrogen-bond donors (Lipinski definition) is 1. The monoisotopic (exact) mass is 424 g/mol. The lowest BCUT2D eigenvalue weighted by Crippen LogP contribution is -2.46. The zero-order chi connectivity index (χ0) is 22.3. The van der Waals surface area contributed by atoms with Crippen molar-refractivity contribution >= 4 is 11.3 Å². The maximum absolute atomic E-state index is 9.34. The van der Waals surface area contributed by atoms with E-state index in [1.165, 1.54) is 7.11 Å². The standard InChI is InChI=1S/C23H20N8O/c1-32-22-18(26)2-3-19(29-22)16-8-20(30-7-6-27-21(30)9-16)17-13-28-31(14-17)23(4-5-24)10-15(11-23)12-25/h2-3,6-9,13-15H,4,10-11,26H2,1H3/t15-,23+. The minimum absolute atomic E-state index is 0.0359. The topological polar surface area (TPSA) is 131 Å². The summed E-state index contributed by atoms with van der Waals surface area (Å²) < 4.78 is 9.10. The summed E-state index contributed by atoms with van der Waals surface area (Å²) in [5, 5.41) is 23.1. The van der Waals surface area contributed by atoms with Crippen molar-refractivity contribution in [3.8, 4) is 40.5 Å². The van der Waals surface area contributed by atoms with Crippen LogP contribution in [0.2, 0.25) is 0 Å². The van der Waals surface area contributed by atoms with Crippen molar-refractivity contribution in [3.63, 3.8) is 0 Å². The van der Waals surface area contributed by atoms with Gasteiger partial charge in [-0.25, -0.2) is 9.97 Å². The fraction of sp³-hybridized carbons (Fsp3) is 0.261. The van der Waals surface area contributed by atoms with Crippen LogP contribution in [-0.2, 0) is 5.54 Å². The quantitative estimate of drug-likeness (QED) is 0.519. The van der Waals surface area contributed by atoms with Gasteiger partial charge in [-0.2, -0.15) is 15.6 Å². The fourth-order valence-electron chi connectivity index (χ4n) is 4.39. The number of rotatable bonds is 5. The summed E-state index contributed by atoms with van der Waals surface area (Å²) in [5.41, 5.74) is 10.1. The Morgan fingerprint density at radius 1 is 1.25 bits per heavy atom. The smallest absolute Gasteiger partial charge is 0.237 e. The molecule has 9 nitrogen and oxygen atoms in total. The molecule has 5 rings (SSSR count). The van der Waals surface area contributed by atoms with E-state index in [2.05, 4.69) is 27.2 Å². The van der Waals surface area contributed by atoms with Crippen molar-refractivity contribution in [2.24, 2.45) is 5.92 Å². The van der Waals surface area contributed by atoms with Crippen LogP contribution in [0.3, 0.4) is 0 Å². The molecule has 1 aliphatic rings. The molecule has 2 N–H and O–H groups in total. The van der Waals surface area contributed by atoms with Crippen LogP contribution in [-0.4, -0.2) is 31.3 Å². The summed E-state index contributed by atoms with van der Waals surface area (Å²) in [5.74, 6) is 0.335. The lowest BCUT2D eigenvalue weighted by molar-refractivity contribution is 0.0882. The van der Waals surface area contributed by atoms with Crippen LogP contribution in [0.25, 0.3) is 28.2 Å². The van der Waals surface area contributed by atoms with E-state index in [0.717, 1.165) is 22.5 Å². The van der Waals surface area contributed by atoms with Gasteiger partial charge in [0.2, 0.25) is 5.88 Å². The summed E-state index contributed by atoms with van der Waals surface area (Å²) in [6.07, 6.45) is 8.95. The lowest BCUT2D eigenvalue weighted by atomic mass is 9.67. The number of hydrogen-bond acceptors (Lipinski definition) is 7. The first-order valence-electron chi connectivity index (χ1n) is 10.2. The molecule has 0 saturated heterocycles. The zero-order valence-corrected chi connectivity index (χ0v) is 17.4. The molecule has 0 amide bonds. The number of nitrogen functional groups attached to an aromatic ring is 1. The predicted octanol–water partition coefficient (Wildman–Crippen LogP) is 3.39. The van der Waals surface area contributed by atoms with E-state index in [1.54, 1.807) is 18.5 Å². The summed E-state index contributed by atoms with van der Waals surface area (Å²) in [6.45, 7) is 0. The van der Waals surface area contributed by atoms with Crippen molar-refractivity contribution in [1.29, 1.82) is 10.5 Å².